The second kappa shape index (κ2) is 8.30. The van der Waals surface area contributed by atoms with Crippen LogP contribution in [0.15, 0.2) is 47.6 Å². The number of nitrogens with zero attached hydrogens (tertiary/aromatic N) is 2. The summed E-state index contributed by atoms with van der Waals surface area (Å²) in [5.74, 6) is -1.59. The van der Waals surface area contributed by atoms with Crippen LogP contribution in [0.5, 0.6) is 11.5 Å². The Morgan fingerprint density at radius 1 is 1.19 bits per heavy atom. The molecule has 0 bridgehead atoms. The zero-order valence-corrected chi connectivity index (χ0v) is 13.9. The van der Waals surface area contributed by atoms with Gasteiger partial charge in [-0.3, -0.25) is 9.59 Å². The van der Waals surface area contributed by atoms with Crippen LogP contribution in [0.1, 0.15) is 29.3 Å². The number of carbonyl (C=O) groups excluding carboxylic acids is 2. The lowest BCUT2D eigenvalue weighted by Gasteiger charge is -2.06. The van der Waals surface area contributed by atoms with E-state index in [0.717, 1.165) is 6.07 Å². The molecule has 0 unspecified atom stereocenters. The molecule has 0 heterocycles. The highest BCUT2D eigenvalue weighted by molar-refractivity contribution is 6.06. The monoisotopic (exact) mass is 352 g/mol. The maximum Gasteiger partial charge on any atom is 0.275 e. The third-order valence-corrected chi connectivity index (χ3v) is 3.27. The number of hydrogen-bond donors (Lipinski definition) is 4. The quantitative estimate of drug-likeness (QED) is 0.483. The van der Waals surface area contributed by atoms with Crippen molar-refractivity contribution in [2.24, 2.45) is 5.10 Å². The van der Waals surface area contributed by atoms with Crippen molar-refractivity contribution in [2.75, 3.05) is 5.32 Å². The minimum atomic E-state index is -0.677. The van der Waals surface area contributed by atoms with Gasteiger partial charge in [-0.25, -0.2) is 5.43 Å². The number of phenols is 2. The number of rotatable bonds is 5. The third kappa shape index (κ3) is 5.07. The molecule has 0 aliphatic heterocycles. The van der Waals surface area contributed by atoms with Gasteiger partial charge in [-0.1, -0.05) is 6.07 Å². The number of hydrogen-bond acceptors (Lipinski definition) is 6. The molecule has 26 heavy (non-hydrogen) atoms. The first-order valence-electron chi connectivity index (χ1n) is 7.54. The van der Waals surface area contributed by atoms with Crippen LogP contribution in [-0.2, 0) is 4.79 Å². The molecule has 8 heteroatoms. The van der Waals surface area contributed by atoms with Crippen molar-refractivity contribution in [2.45, 2.75) is 13.3 Å². The molecule has 0 aromatic heterocycles. The van der Waals surface area contributed by atoms with Crippen molar-refractivity contribution in [3.05, 3.63) is 53.6 Å². The summed E-state index contributed by atoms with van der Waals surface area (Å²) in [5.41, 5.74) is 3.42. The molecule has 4 N–H and O–H groups in total. The molecule has 0 aliphatic rings. The smallest absolute Gasteiger partial charge is 0.275 e. The number of hydrazone groups is 1. The number of anilines is 1. The van der Waals surface area contributed by atoms with Crippen LogP contribution in [0.2, 0.25) is 0 Å². The molecule has 132 valence electrons. The molecular formula is C18H16N4O4. The molecule has 0 aliphatic carbocycles. The zero-order chi connectivity index (χ0) is 19.1. The third-order valence-electron chi connectivity index (χ3n) is 3.27. The average molecular weight is 352 g/mol. The van der Waals surface area contributed by atoms with Gasteiger partial charge >= 0.3 is 0 Å². The van der Waals surface area contributed by atoms with Crippen molar-refractivity contribution in [1.29, 1.82) is 5.26 Å². The molecule has 0 fully saturated rings. The summed E-state index contributed by atoms with van der Waals surface area (Å²) in [6.07, 6.45) is -0.0708. The Hall–Kier alpha value is -3.86. The van der Waals surface area contributed by atoms with Crippen molar-refractivity contribution < 1.29 is 19.8 Å². The molecule has 2 aromatic rings. The molecule has 0 saturated carbocycles. The number of aromatic hydroxyl groups is 2. The minimum Gasteiger partial charge on any atom is -0.508 e. The maximum atomic E-state index is 12.0. The fourth-order valence-electron chi connectivity index (χ4n) is 2.06. The highest BCUT2D eigenvalue weighted by Gasteiger charge is 2.11. The molecule has 2 rings (SSSR count). The van der Waals surface area contributed by atoms with Crippen LogP contribution in [0.25, 0.3) is 0 Å². The molecular weight excluding hydrogens is 336 g/mol. The van der Waals surface area contributed by atoms with Crippen LogP contribution < -0.4 is 10.7 Å². The lowest BCUT2D eigenvalue weighted by Crippen LogP contribution is -2.21. The van der Waals surface area contributed by atoms with E-state index in [4.69, 9.17) is 5.26 Å². The number of nitrogens with one attached hydrogen (secondary N) is 2. The Labute approximate surface area is 149 Å². The second-order valence-corrected chi connectivity index (χ2v) is 5.41. The van der Waals surface area contributed by atoms with Gasteiger partial charge in [-0.05, 0) is 37.3 Å². The molecule has 0 saturated heterocycles. The van der Waals surface area contributed by atoms with Crippen molar-refractivity contribution in [1.82, 2.24) is 5.43 Å². The van der Waals surface area contributed by atoms with Gasteiger partial charge in [0.25, 0.3) is 5.91 Å². The second-order valence-electron chi connectivity index (χ2n) is 5.41. The molecule has 8 nitrogen and oxygen atoms in total. The van der Waals surface area contributed by atoms with E-state index in [9.17, 15) is 19.8 Å². The lowest BCUT2D eigenvalue weighted by atomic mass is 10.2. The highest BCUT2D eigenvalue weighted by Crippen LogP contribution is 2.22. The van der Waals surface area contributed by atoms with Crippen LogP contribution in [-0.4, -0.2) is 27.7 Å². The van der Waals surface area contributed by atoms with Gasteiger partial charge in [0.1, 0.15) is 11.5 Å². The number of phenolic OH excluding ortho intramolecular Hbond substituents is 2. The van der Waals surface area contributed by atoms with Crippen molar-refractivity contribution in [3.63, 3.8) is 0 Å². The molecule has 0 atom stereocenters. The van der Waals surface area contributed by atoms with Crippen LogP contribution >= 0.6 is 0 Å². The predicted octanol–water partition coefficient (Wildman–Crippen LogP) is 2.10. The van der Waals surface area contributed by atoms with Gasteiger partial charge in [-0.2, -0.15) is 10.4 Å². The van der Waals surface area contributed by atoms with Crippen LogP contribution in [0.3, 0.4) is 0 Å². The van der Waals surface area contributed by atoms with Crippen LogP contribution in [0.4, 0.5) is 5.69 Å². The SMILES string of the molecule is C/C(CC(=O)Nc1cccc(C#N)c1)=N\NC(=O)c1ccc(O)cc1O. The Balaban J connectivity index is 1.93. The number of benzene rings is 2. The molecule has 0 spiro atoms. The first-order valence-corrected chi connectivity index (χ1v) is 7.54. The van der Waals surface area contributed by atoms with E-state index in [1.807, 2.05) is 6.07 Å². The van der Waals surface area contributed by atoms with E-state index in [1.165, 1.54) is 12.1 Å². The molecule has 0 radical (unpaired) electrons. The number of amides is 2. The summed E-state index contributed by atoms with van der Waals surface area (Å²) in [7, 11) is 0. The summed E-state index contributed by atoms with van der Waals surface area (Å²) in [6.45, 7) is 1.56. The Bertz CT molecular complexity index is 916. The largest absolute Gasteiger partial charge is 0.508 e. The first-order chi connectivity index (χ1) is 12.4. The van der Waals surface area contributed by atoms with Gasteiger partial charge < -0.3 is 15.5 Å². The summed E-state index contributed by atoms with van der Waals surface area (Å²) in [5, 5.41) is 34.1. The predicted molar refractivity (Wildman–Crippen MR) is 94.8 cm³/mol. The van der Waals surface area contributed by atoms with E-state index in [2.05, 4.69) is 15.8 Å². The number of nitriles is 1. The summed E-state index contributed by atoms with van der Waals surface area (Å²) in [4.78, 5) is 23.9. The number of carbonyl (C=O) groups is 2. The van der Waals surface area contributed by atoms with E-state index in [0.29, 0.717) is 17.0 Å². The summed E-state index contributed by atoms with van der Waals surface area (Å²) in [6, 6.07) is 12.0. The van der Waals surface area contributed by atoms with Gasteiger partial charge in [0.2, 0.25) is 5.91 Å². The highest BCUT2D eigenvalue weighted by atomic mass is 16.3. The van der Waals surface area contributed by atoms with E-state index >= 15 is 0 Å². The first kappa shape index (κ1) is 18.5. The zero-order valence-electron chi connectivity index (χ0n) is 13.9. The minimum absolute atomic E-state index is 0.0582. The Morgan fingerprint density at radius 2 is 1.96 bits per heavy atom. The van der Waals surface area contributed by atoms with Gasteiger partial charge in [0.05, 0.1) is 23.6 Å². The fourth-order valence-corrected chi connectivity index (χ4v) is 2.06. The fraction of sp³-hybridized carbons (Fsp3) is 0.111. The van der Waals surface area contributed by atoms with E-state index in [1.54, 1.807) is 31.2 Å². The summed E-state index contributed by atoms with van der Waals surface area (Å²) < 4.78 is 0. The Morgan fingerprint density at radius 3 is 2.65 bits per heavy atom. The maximum absolute atomic E-state index is 12.0. The van der Waals surface area contributed by atoms with Gasteiger partial charge in [-0.15, -0.1) is 0 Å². The lowest BCUT2D eigenvalue weighted by molar-refractivity contribution is -0.115. The van der Waals surface area contributed by atoms with E-state index < -0.39 is 5.91 Å². The normalized spacial score (nSPS) is 10.7. The van der Waals surface area contributed by atoms with Crippen LogP contribution in [0, 0.1) is 11.3 Å². The van der Waals surface area contributed by atoms with E-state index in [-0.39, 0.29) is 29.4 Å². The molecule has 2 aromatic carbocycles. The van der Waals surface area contributed by atoms with Gasteiger partial charge in [0, 0.05) is 17.5 Å². The van der Waals surface area contributed by atoms with Crippen molar-refractivity contribution >= 4 is 23.2 Å². The summed E-state index contributed by atoms with van der Waals surface area (Å²) >= 11 is 0. The average Bonchev–Trinajstić information content (AvgIpc) is 2.59. The molecule has 2 amide bonds. The standard InChI is InChI=1S/C18H16N4O4/c1-11(7-17(25)20-13-4-2-3-12(8-13)10-19)21-22-18(26)15-6-5-14(23)9-16(15)24/h2-6,8-9,23-24H,7H2,1H3,(H,20,25)(H,22,26)/b21-11+. The van der Waals surface area contributed by atoms with Gasteiger partial charge in [0.15, 0.2) is 0 Å². The topological polar surface area (TPSA) is 135 Å². The Kier molecular flexibility index (Phi) is 5.90. The van der Waals surface area contributed by atoms with Crippen molar-refractivity contribution in [3.8, 4) is 17.6 Å².